The molecule has 0 aliphatic rings. The van der Waals surface area contributed by atoms with Gasteiger partial charge < -0.3 is 10.1 Å². The van der Waals surface area contributed by atoms with E-state index in [-0.39, 0.29) is 25.6 Å². The van der Waals surface area contributed by atoms with Gasteiger partial charge in [-0.3, -0.25) is 4.79 Å². The first-order valence-corrected chi connectivity index (χ1v) is 8.40. The highest BCUT2D eigenvalue weighted by atomic mass is 32.2. The van der Waals surface area contributed by atoms with Crippen LogP contribution in [0.2, 0.25) is 0 Å². The molecule has 1 N–H and O–H groups in total. The second kappa shape index (κ2) is 7.53. The summed E-state index contributed by atoms with van der Waals surface area (Å²) < 4.78 is 29.2. The predicted molar refractivity (Wildman–Crippen MR) is 82.8 cm³/mol. The van der Waals surface area contributed by atoms with E-state index in [1.165, 1.54) is 7.11 Å². The molecule has 0 aliphatic heterocycles. The summed E-state index contributed by atoms with van der Waals surface area (Å²) in [6, 6.07) is 5.65. The van der Waals surface area contributed by atoms with Crippen molar-refractivity contribution in [2.75, 3.05) is 38.4 Å². The second-order valence-electron chi connectivity index (χ2n) is 4.96. The van der Waals surface area contributed by atoms with E-state index < -0.39 is 10.0 Å². The lowest BCUT2D eigenvalue weighted by atomic mass is 10.1. The van der Waals surface area contributed by atoms with Crippen LogP contribution in [0.1, 0.15) is 11.1 Å². The smallest absolute Gasteiger partial charge is 0.239 e. The number of aryl methyl sites for hydroxylation is 2. The lowest BCUT2D eigenvalue weighted by Gasteiger charge is -2.19. The average molecular weight is 314 g/mol. The van der Waals surface area contributed by atoms with Gasteiger partial charge in [0.05, 0.1) is 19.4 Å². The summed E-state index contributed by atoms with van der Waals surface area (Å²) >= 11 is 0. The summed E-state index contributed by atoms with van der Waals surface area (Å²) in [5, 5.41) is 2.73. The van der Waals surface area contributed by atoms with E-state index in [2.05, 4.69) is 5.32 Å². The molecule has 1 aromatic rings. The van der Waals surface area contributed by atoms with Crippen LogP contribution in [0, 0.1) is 13.8 Å². The van der Waals surface area contributed by atoms with Crippen molar-refractivity contribution in [1.82, 2.24) is 4.31 Å². The highest BCUT2D eigenvalue weighted by molar-refractivity contribution is 7.88. The first-order valence-electron chi connectivity index (χ1n) is 6.55. The zero-order valence-electron chi connectivity index (χ0n) is 12.8. The van der Waals surface area contributed by atoms with Crippen molar-refractivity contribution in [3.8, 4) is 0 Å². The molecule has 1 amide bonds. The molecular formula is C14H22N2O4S. The van der Waals surface area contributed by atoms with Crippen molar-refractivity contribution in [2.24, 2.45) is 0 Å². The van der Waals surface area contributed by atoms with E-state index in [0.29, 0.717) is 5.69 Å². The van der Waals surface area contributed by atoms with Gasteiger partial charge in [0, 0.05) is 19.3 Å². The van der Waals surface area contributed by atoms with Crippen LogP contribution in [0.3, 0.4) is 0 Å². The third-order valence-corrected chi connectivity index (χ3v) is 4.24. The number of benzene rings is 1. The van der Waals surface area contributed by atoms with Crippen LogP contribution in [-0.4, -0.2) is 51.7 Å². The van der Waals surface area contributed by atoms with Crippen LogP contribution in [0.4, 0.5) is 5.69 Å². The Morgan fingerprint density at radius 2 is 2.00 bits per heavy atom. The monoisotopic (exact) mass is 314 g/mol. The molecule has 0 aliphatic carbocycles. The fourth-order valence-corrected chi connectivity index (χ4v) is 2.62. The highest BCUT2D eigenvalue weighted by Crippen LogP contribution is 2.16. The lowest BCUT2D eigenvalue weighted by Crippen LogP contribution is -2.39. The largest absolute Gasteiger partial charge is 0.383 e. The Hall–Kier alpha value is -1.44. The van der Waals surface area contributed by atoms with Gasteiger partial charge in [-0.25, -0.2) is 8.42 Å². The quantitative estimate of drug-likeness (QED) is 0.819. The number of nitrogens with zero attached hydrogens (tertiary/aromatic N) is 1. The maximum Gasteiger partial charge on any atom is 0.239 e. The minimum absolute atomic E-state index is 0.148. The molecule has 0 bridgehead atoms. The number of amides is 1. The fraction of sp³-hybridized carbons (Fsp3) is 0.500. The summed E-state index contributed by atoms with van der Waals surface area (Å²) in [4.78, 5) is 12.0. The number of sulfonamides is 1. The van der Waals surface area contributed by atoms with Crippen LogP contribution >= 0.6 is 0 Å². The van der Waals surface area contributed by atoms with Crippen LogP contribution in [0.5, 0.6) is 0 Å². The number of rotatable bonds is 7. The van der Waals surface area contributed by atoms with Gasteiger partial charge in [-0.2, -0.15) is 4.31 Å². The SMILES string of the molecule is COCCN(CC(=O)Nc1ccc(C)cc1C)S(C)(=O)=O. The number of carbonyl (C=O) groups is 1. The van der Waals surface area contributed by atoms with Crippen molar-refractivity contribution in [2.45, 2.75) is 13.8 Å². The summed E-state index contributed by atoms with van der Waals surface area (Å²) in [6.45, 7) is 4.02. The van der Waals surface area contributed by atoms with Gasteiger partial charge >= 0.3 is 0 Å². The van der Waals surface area contributed by atoms with Crippen molar-refractivity contribution in [3.05, 3.63) is 29.3 Å². The number of nitrogens with one attached hydrogen (secondary N) is 1. The molecule has 0 radical (unpaired) electrons. The number of anilines is 1. The lowest BCUT2D eigenvalue weighted by molar-refractivity contribution is -0.116. The van der Waals surface area contributed by atoms with Crippen LogP contribution in [0.25, 0.3) is 0 Å². The summed E-state index contributed by atoms with van der Waals surface area (Å²) in [6.07, 6.45) is 1.08. The summed E-state index contributed by atoms with van der Waals surface area (Å²) in [5.74, 6) is -0.372. The van der Waals surface area contributed by atoms with E-state index in [9.17, 15) is 13.2 Å². The molecule has 1 rings (SSSR count). The van der Waals surface area contributed by atoms with E-state index in [4.69, 9.17) is 4.74 Å². The Labute approximate surface area is 126 Å². The van der Waals surface area contributed by atoms with Crippen LogP contribution in [0.15, 0.2) is 18.2 Å². The molecular weight excluding hydrogens is 292 g/mol. The van der Waals surface area contributed by atoms with E-state index in [1.54, 1.807) is 0 Å². The van der Waals surface area contributed by atoms with Gasteiger partial charge in [0.25, 0.3) is 0 Å². The number of methoxy groups -OCH3 is 1. The molecule has 6 nitrogen and oxygen atoms in total. The summed E-state index contributed by atoms with van der Waals surface area (Å²) in [5.41, 5.74) is 2.72. The molecule has 0 heterocycles. The Morgan fingerprint density at radius 1 is 1.33 bits per heavy atom. The normalized spacial score (nSPS) is 11.7. The molecule has 0 spiro atoms. The topological polar surface area (TPSA) is 75.7 Å². The van der Waals surface area contributed by atoms with Gasteiger partial charge in [0.2, 0.25) is 15.9 Å². The van der Waals surface area contributed by atoms with E-state index in [1.807, 2.05) is 32.0 Å². The van der Waals surface area contributed by atoms with E-state index in [0.717, 1.165) is 21.7 Å². The molecule has 0 atom stereocenters. The summed E-state index contributed by atoms with van der Waals surface area (Å²) in [7, 11) is -1.97. The zero-order chi connectivity index (χ0) is 16.0. The molecule has 21 heavy (non-hydrogen) atoms. The van der Waals surface area contributed by atoms with Crippen molar-refractivity contribution >= 4 is 21.6 Å². The van der Waals surface area contributed by atoms with Gasteiger partial charge in [-0.15, -0.1) is 0 Å². The molecule has 1 aromatic carbocycles. The Morgan fingerprint density at radius 3 is 2.52 bits per heavy atom. The molecule has 0 unspecified atom stereocenters. The van der Waals surface area contributed by atoms with Crippen LogP contribution < -0.4 is 5.32 Å². The first-order chi connectivity index (χ1) is 9.74. The Kier molecular flexibility index (Phi) is 6.32. The predicted octanol–water partition coefficient (Wildman–Crippen LogP) is 1.15. The van der Waals surface area contributed by atoms with Gasteiger partial charge in [-0.05, 0) is 25.5 Å². The molecule has 0 aromatic heterocycles. The van der Waals surface area contributed by atoms with Gasteiger partial charge in [0.15, 0.2) is 0 Å². The van der Waals surface area contributed by atoms with Gasteiger partial charge in [0.1, 0.15) is 0 Å². The standard InChI is InChI=1S/C14H22N2O4S/c1-11-5-6-13(12(2)9-11)15-14(17)10-16(7-8-20-3)21(4,18)19/h5-6,9H,7-8,10H2,1-4H3,(H,15,17). The third-order valence-electron chi connectivity index (χ3n) is 2.99. The van der Waals surface area contributed by atoms with Crippen molar-refractivity contribution in [1.29, 1.82) is 0 Å². The van der Waals surface area contributed by atoms with Crippen LogP contribution in [-0.2, 0) is 19.6 Å². The Balaban J connectivity index is 2.74. The van der Waals surface area contributed by atoms with Crippen molar-refractivity contribution < 1.29 is 17.9 Å². The fourth-order valence-electron chi connectivity index (χ4n) is 1.86. The first kappa shape index (κ1) is 17.6. The number of hydrogen-bond acceptors (Lipinski definition) is 4. The third kappa shape index (κ3) is 5.82. The molecule has 118 valence electrons. The average Bonchev–Trinajstić information content (AvgIpc) is 2.36. The molecule has 0 saturated heterocycles. The minimum Gasteiger partial charge on any atom is -0.383 e. The molecule has 0 fully saturated rings. The number of carbonyl (C=O) groups excluding carboxylic acids is 1. The Bertz CT molecular complexity index is 599. The minimum atomic E-state index is -3.45. The molecule has 0 saturated carbocycles. The number of hydrogen-bond donors (Lipinski definition) is 1. The molecule has 7 heteroatoms. The number of ether oxygens (including phenoxy) is 1. The van der Waals surface area contributed by atoms with E-state index >= 15 is 0 Å². The zero-order valence-corrected chi connectivity index (χ0v) is 13.7. The second-order valence-corrected chi connectivity index (χ2v) is 6.94. The maximum absolute atomic E-state index is 12.0. The maximum atomic E-state index is 12.0. The highest BCUT2D eigenvalue weighted by Gasteiger charge is 2.20. The van der Waals surface area contributed by atoms with Crippen molar-refractivity contribution in [3.63, 3.8) is 0 Å². The van der Waals surface area contributed by atoms with Gasteiger partial charge in [-0.1, -0.05) is 17.7 Å².